The molecule has 0 bridgehead atoms. The molecule has 2 aromatic heterocycles. The summed E-state index contributed by atoms with van der Waals surface area (Å²) in [5, 5.41) is 0. The van der Waals surface area contributed by atoms with E-state index in [2.05, 4.69) is 25.8 Å². The standard InChI is InChI=1S/C18H18N2O/c1-18(2,3)17-20-15(13-8-5-4-6-9-13)16(21-17)14-10-7-11-19-12-14/h4-12H,1-3H3. The molecule has 0 atom stereocenters. The fourth-order valence-corrected chi connectivity index (χ4v) is 2.13. The normalized spacial score (nSPS) is 11.6. The van der Waals surface area contributed by atoms with E-state index >= 15 is 0 Å². The van der Waals surface area contributed by atoms with E-state index in [1.165, 1.54) is 0 Å². The van der Waals surface area contributed by atoms with E-state index in [0.29, 0.717) is 0 Å². The van der Waals surface area contributed by atoms with Crippen molar-refractivity contribution in [2.24, 2.45) is 0 Å². The Labute approximate surface area is 124 Å². The highest BCUT2D eigenvalue weighted by molar-refractivity contribution is 5.76. The van der Waals surface area contributed by atoms with Gasteiger partial charge in [0.25, 0.3) is 0 Å². The van der Waals surface area contributed by atoms with Gasteiger partial charge in [0.05, 0.1) is 0 Å². The lowest BCUT2D eigenvalue weighted by Gasteiger charge is -2.12. The van der Waals surface area contributed by atoms with E-state index in [-0.39, 0.29) is 5.41 Å². The highest BCUT2D eigenvalue weighted by Gasteiger charge is 2.25. The lowest BCUT2D eigenvalue weighted by molar-refractivity contribution is 0.399. The van der Waals surface area contributed by atoms with Crippen LogP contribution in [0.4, 0.5) is 0 Å². The summed E-state index contributed by atoms with van der Waals surface area (Å²) in [5.41, 5.74) is 2.73. The second kappa shape index (κ2) is 5.17. The maximum absolute atomic E-state index is 6.07. The van der Waals surface area contributed by atoms with Gasteiger partial charge in [-0.15, -0.1) is 0 Å². The van der Waals surface area contributed by atoms with Gasteiger partial charge in [-0.05, 0) is 12.1 Å². The molecule has 3 rings (SSSR count). The molecule has 0 saturated heterocycles. The maximum Gasteiger partial charge on any atom is 0.200 e. The highest BCUT2D eigenvalue weighted by Crippen LogP contribution is 2.35. The average molecular weight is 278 g/mol. The van der Waals surface area contributed by atoms with Gasteiger partial charge in [-0.25, -0.2) is 4.98 Å². The minimum absolute atomic E-state index is 0.135. The summed E-state index contributed by atoms with van der Waals surface area (Å²) in [7, 11) is 0. The predicted octanol–water partition coefficient (Wildman–Crippen LogP) is 4.70. The molecule has 0 amide bonds. The van der Waals surface area contributed by atoms with Crippen LogP contribution in [-0.4, -0.2) is 9.97 Å². The second-order valence-corrected chi connectivity index (χ2v) is 6.05. The van der Waals surface area contributed by atoms with Gasteiger partial charge in [-0.2, -0.15) is 0 Å². The van der Waals surface area contributed by atoms with Crippen molar-refractivity contribution in [1.82, 2.24) is 9.97 Å². The highest BCUT2D eigenvalue weighted by atomic mass is 16.4. The lowest BCUT2D eigenvalue weighted by atomic mass is 9.97. The van der Waals surface area contributed by atoms with Crippen LogP contribution >= 0.6 is 0 Å². The van der Waals surface area contributed by atoms with E-state index in [4.69, 9.17) is 9.40 Å². The van der Waals surface area contributed by atoms with Gasteiger partial charge in [-0.3, -0.25) is 4.98 Å². The van der Waals surface area contributed by atoms with Gasteiger partial charge in [-0.1, -0.05) is 51.1 Å². The first-order valence-electron chi connectivity index (χ1n) is 7.03. The lowest BCUT2D eigenvalue weighted by Crippen LogP contribution is -2.11. The zero-order valence-corrected chi connectivity index (χ0v) is 12.5. The molecule has 0 unspecified atom stereocenters. The molecule has 0 fully saturated rings. The Balaban J connectivity index is 2.20. The van der Waals surface area contributed by atoms with Crippen molar-refractivity contribution in [1.29, 1.82) is 0 Å². The number of oxazole rings is 1. The van der Waals surface area contributed by atoms with Crippen LogP contribution in [0.5, 0.6) is 0 Å². The molecule has 0 N–H and O–H groups in total. The summed E-state index contributed by atoms with van der Waals surface area (Å²) in [4.78, 5) is 8.91. The summed E-state index contributed by atoms with van der Waals surface area (Å²) in [6, 6.07) is 14.0. The van der Waals surface area contributed by atoms with Crippen LogP contribution in [-0.2, 0) is 5.41 Å². The van der Waals surface area contributed by atoms with Crippen LogP contribution in [0.15, 0.2) is 59.3 Å². The van der Waals surface area contributed by atoms with Gasteiger partial charge in [0.15, 0.2) is 5.76 Å². The molecule has 2 heterocycles. The van der Waals surface area contributed by atoms with Crippen LogP contribution in [0.25, 0.3) is 22.6 Å². The van der Waals surface area contributed by atoms with Gasteiger partial charge in [0.1, 0.15) is 5.69 Å². The fraction of sp³-hybridized carbons (Fsp3) is 0.222. The number of pyridine rings is 1. The summed E-state index contributed by atoms with van der Waals surface area (Å²) < 4.78 is 6.07. The smallest absolute Gasteiger partial charge is 0.200 e. The number of nitrogens with zero attached hydrogens (tertiary/aromatic N) is 2. The molecule has 3 nitrogen and oxygen atoms in total. The SMILES string of the molecule is CC(C)(C)c1nc(-c2ccccc2)c(-c2cccnc2)o1. The largest absolute Gasteiger partial charge is 0.439 e. The first-order valence-corrected chi connectivity index (χ1v) is 7.03. The number of rotatable bonds is 2. The fourth-order valence-electron chi connectivity index (χ4n) is 2.13. The van der Waals surface area contributed by atoms with Crippen molar-refractivity contribution in [2.45, 2.75) is 26.2 Å². The van der Waals surface area contributed by atoms with Gasteiger partial charge in [0, 0.05) is 28.9 Å². The Kier molecular flexibility index (Phi) is 3.34. The average Bonchev–Trinajstić information content (AvgIpc) is 2.94. The third-order valence-electron chi connectivity index (χ3n) is 3.24. The summed E-state index contributed by atoms with van der Waals surface area (Å²) in [6.45, 7) is 6.29. The predicted molar refractivity (Wildman–Crippen MR) is 83.9 cm³/mol. The number of hydrogen-bond acceptors (Lipinski definition) is 3. The molecule has 0 radical (unpaired) electrons. The Morgan fingerprint density at radius 2 is 1.62 bits per heavy atom. The maximum atomic E-state index is 6.07. The van der Waals surface area contributed by atoms with Crippen LogP contribution in [0.1, 0.15) is 26.7 Å². The Morgan fingerprint density at radius 1 is 0.905 bits per heavy atom. The van der Waals surface area contributed by atoms with Crippen LogP contribution < -0.4 is 0 Å². The Hall–Kier alpha value is -2.42. The topological polar surface area (TPSA) is 38.9 Å². The molecule has 0 aliphatic carbocycles. The third-order valence-corrected chi connectivity index (χ3v) is 3.24. The van der Waals surface area contributed by atoms with Gasteiger partial charge < -0.3 is 4.42 Å². The van der Waals surface area contributed by atoms with Crippen molar-refractivity contribution in [2.75, 3.05) is 0 Å². The second-order valence-electron chi connectivity index (χ2n) is 6.05. The van der Waals surface area contributed by atoms with Crippen molar-refractivity contribution >= 4 is 0 Å². The summed E-state index contributed by atoms with van der Waals surface area (Å²) >= 11 is 0. The van der Waals surface area contributed by atoms with Gasteiger partial charge in [0.2, 0.25) is 5.89 Å². The van der Waals surface area contributed by atoms with E-state index in [9.17, 15) is 0 Å². The van der Waals surface area contributed by atoms with Crippen molar-refractivity contribution in [3.63, 3.8) is 0 Å². The van der Waals surface area contributed by atoms with Crippen molar-refractivity contribution < 1.29 is 4.42 Å². The van der Waals surface area contributed by atoms with E-state index < -0.39 is 0 Å². The number of aromatic nitrogens is 2. The Bertz CT molecular complexity index is 668. The molecule has 0 saturated carbocycles. The first-order chi connectivity index (χ1) is 10.1. The zero-order valence-electron chi connectivity index (χ0n) is 12.5. The molecular formula is C18H18N2O. The molecular weight excluding hydrogens is 260 g/mol. The van der Waals surface area contributed by atoms with Crippen LogP contribution in [0.3, 0.4) is 0 Å². The Morgan fingerprint density at radius 3 is 2.24 bits per heavy atom. The zero-order chi connectivity index (χ0) is 14.9. The summed E-state index contributed by atoms with van der Waals surface area (Å²) in [5.74, 6) is 1.51. The third kappa shape index (κ3) is 2.72. The van der Waals surface area contributed by atoms with E-state index in [1.807, 2.05) is 42.5 Å². The molecule has 3 heteroatoms. The molecule has 21 heavy (non-hydrogen) atoms. The minimum atomic E-state index is -0.135. The van der Waals surface area contributed by atoms with E-state index in [1.54, 1.807) is 12.4 Å². The monoisotopic (exact) mass is 278 g/mol. The minimum Gasteiger partial charge on any atom is -0.439 e. The van der Waals surface area contributed by atoms with E-state index in [0.717, 1.165) is 28.5 Å². The molecule has 106 valence electrons. The molecule has 3 aromatic rings. The van der Waals surface area contributed by atoms with Crippen LogP contribution in [0.2, 0.25) is 0 Å². The molecule has 0 spiro atoms. The van der Waals surface area contributed by atoms with Gasteiger partial charge >= 0.3 is 0 Å². The van der Waals surface area contributed by atoms with Crippen molar-refractivity contribution in [3.05, 3.63) is 60.7 Å². The molecule has 1 aromatic carbocycles. The molecule has 0 aliphatic rings. The number of hydrogen-bond donors (Lipinski definition) is 0. The number of benzene rings is 1. The summed E-state index contributed by atoms with van der Waals surface area (Å²) in [6.07, 6.45) is 3.56. The quantitative estimate of drug-likeness (QED) is 0.682. The first kappa shape index (κ1) is 13.6. The van der Waals surface area contributed by atoms with Crippen molar-refractivity contribution in [3.8, 4) is 22.6 Å². The van der Waals surface area contributed by atoms with Crippen LogP contribution in [0, 0.1) is 0 Å². The molecule has 0 aliphatic heterocycles.